The van der Waals surface area contributed by atoms with Crippen LogP contribution in [0.5, 0.6) is 0 Å². The highest BCUT2D eigenvalue weighted by Gasteiger charge is 1.94. The molecule has 0 heteroatoms. The van der Waals surface area contributed by atoms with Crippen molar-refractivity contribution in [2.45, 2.75) is 52.9 Å². The molecule has 11 heavy (non-hydrogen) atoms. The number of unbranched alkanes of at least 4 members (excludes halogenated alkanes) is 3. The average molecular weight is 154 g/mol. The molecule has 1 atom stereocenters. The lowest BCUT2D eigenvalue weighted by Gasteiger charge is -2.04. The van der Waals surface area contributed by atoms with Crippen molar-refractivity contribution in [1.82, 2.24) is 0 Å². The Morgan fingerprint density at radius 3 is 2.45 bits per heavy atom. The van der Waals surface area contributed by atoms with Crippen molar-refractivity contribution in [3.63, 3.8) is 0 Å². The van der Waals surface area contributed by atoms with Crippen molar-refractivity contribution in [2.24, 2.45) is 5.92 Å². The summed E-state index contributed by atoms with van der Waals surface area (Å²) in [6.45, 7) is 6.66. The highest BCUT2D eigenvalue weighted by atomic mass is 14.0. The topological polar surface area (TPSA) is 0 Å². The fourth-order valence-corrected chi connectivity index (χ4v) is 1.32. The van der Waals surface area contributed by atoms with Crippen LogP contribution in [-0.2, 0) is 0 Å². The molecule has 0 aromatic carbocycles. The molecule has 0 aliphatic rings. The van der Waals surface area contributed by atoms with Crippen LogP contribution < -0.4 is 0 Å². The van der Waals surface area contributed by atoms with Gasteiger partial charge in [0.1, 0.15) is 0 Å². The molecule has 66 valence electrons. The van der Waals surface area contributed by atoms with Gasteiger partial charge >= 0.3 is 0 Å². The van der Waals surface area contributed by atoms with E-state index in [4.69, 9.17) is 0 Å². The molecule has 0 aromatic rings. The maximum atomic E-state index is 2.30. The maximum absolute atomic E-state index is 2.30. The summed E-state index contributed by atoms with van der Waals surface area (Å²) in [5.74, 6) is 0.789. The molecular weight excluding hydrogens is 132 g/mol. The lowest BCUT2D eigenvalue weighted by Crippen LogP contribution is -1.88. The third-order valence-electron chi connectivity index (χ3n) is 2.03. The molecule has 0 nitrogen and oxygen atoms in total. The first-order valence-corrected chi connectivity index (χ1v) is 4.94. The van der Waals surface area contributed by atoms with E-state index in [9.17, 15) is 0 Å². The van der Waals surface area contributed by atoms with E-state index < -0.39 is 0 Å². The fraction of sp³-hybridized carbons (Fsp3) is 0.818. The molecule has 0 amide bonds. The van der Waals surface area contributed by atoms with Crippen LogP contribution in [0.15, 0.2) is 12.2 Å². The van der Waals surface area contributed by atoms with E-state index in [1.165, 1.54) is 32.1 Å². The summed E-state index contributed by atoms with van der Waals surface area (Å²) in [5, 5.41) is 0. The largest absolute Gasteiger partial charge is 0.0914 e. The molecule has 0 N–H and O–H groups in total. The molecule has 0 radical (unpaired) electrons. The second-order valence-corrected chi connectivity index (χ2v) is 3.35. The van der Waals surface area contributed by atoms with Crippen molar-refractivity contribution in [2.75, 3.05) is 0 Å². The van der Waals surface area contributed by atoms with Crippen molar-refractivity contribution < 1.29 is 0 Å². The summed E-state index contributed by atoms with van der Waals surface area (Å²) in [7, 11) is 0. The third kappa shape index (κ3) is 7.64. The van der Waals surface area contributed by atoms with Crippen LogP contribution >= 0.6 is 0 Å². The van der Waals surface area contributed by atoms with Crippen LogP contribution in [0, 0.1) is 5.92 Å². The van der Waals surface area contributed by atoms with Crippen LogP contribution in [0.1, 0.15) is 52.9 Å². The van der Waals surface area contributed by atoms with Gasteiger partial charge in [-0.05, 0) is 19.3 Å². The van der Waals surface area contributed by atoms with E-state index in [0.29, 0.717) is 0 Å². The molecule has 0 bridgehead atoms. The van der Waals surface area contributed by atoms with Gasteiger partial charge in [-0.25, -0.2) is 0 Å². The zero-order valence-electron chi connectivity index (χ0n) is 8.27. The van der Waals surface area contributed by atoms with Gasteiger partial charge < -0.3 is 0 Å². The first-order valence-electron chi connectivity index (χ1n) is 4.94. The van der Waals surface area contributed by atoms with Crippen LogP contribution in [0.4, 0.5) is 0 Å². The molecule has 1 unspecified atom stereocenters. The van der Waals surface area contributed by atoms with E-state index in [1.54, 1.807) is 0 Å². The maximum Gasteiger partial charge on any atom is -0.0262 e. The summed E-state index contributed by atoms with van der Waals surface area (Å²) in [4.78, 5) is 0. The molecule has 0 saturated heterocycles. The first-order chi connectivity index (χ1) is 5.31. The molecule has 0 saturated carbocycles. The Balaban J connectivity index is 3.10. The van der Waals surface area contributed by atoms with Crippen LogP contribution in [0.3, 0.4) is 0 Å². The van der Waals surface area contributed by atoms with Gasteiger partial charge in [0, 0.05) is 0 Å². The second kappa shape index (κ2) is 7.84. The minimum atomic E-state index is 0.789. The molecule has 0 spiro atoms. The molecule has 0 heterocycles. The molecular formula is C11H22. The number of hydrogen-bond acceptors (Lipinski definition) is 0. The number of rotatable bonds is 6. The lowest BCUT2D eigenvalue weighted by molar-refractivity contribution is 0.561. The smallest absolute Gasteiger partial charge is 0.0262 e. The Morgan fingerprint density at radius 2 is 1.91 bits per heavy atom. The standard InChI is InChI=1S/C11H22/c1-4-6-7-8-10-11(3)9-5-2/h5,9,11H,4,6-8,10H2,1-3H3. The quantitative estimate of drug-likeness (QED) is 0.398. The molecule has 0 aromatic heterocycles. The molecule has 0 aliphatic heterocycles. The minimum absolute atomic E-state index is 0.789. The summed E-state index contributed by atoms with van der Waals surface area (Å²) >= 11 is 0. The Morgan fingerprint density at radius 1 is 1.18 bits per heavy atom. The van der Waals surface area contributed by atoms with Gasteiger partial charge in [-0.2, -0.15) is 0 Å². The van der Waals surface area contributed by atoms with Gasteiger partial charge in [-0.15, -0.1) is 0 Å². The highest BCUT2D eigenvalue weighted by molar-refractivity contribution is 4.82. The predicted molar refractivity (Wildman–Crippen MR) is 52.7 cm³/mol. The average Bonchev–Trinajstić information content (AvgIpc) is 1.99. The second-order valence-electron chi connectivity index (χ2n) is 3.35. The summed E-state index contributed by atoms with van der Waals surface area (Å²) in [6, 6.07) is 0. The Bertz CT molecular complexity index is 92.2. The normalized spacial score (nSPS) is 14.1. The van der Waals surface area contributed by atoms with Crippen LogP contribution in [-0.4, -0.2) is 0 Å². The van der Waals surface area contributed by atoms with Crippen molar-refractivity contribution >= 4 is 0 Å². The summed E-state index contributed by atoms with van der Waals surface area (Å²) in [5.41, 5.74) is 0. The predicted octanol–water partition coefficient (Wildman–Crippen LogP) is 4.17. The zero-order chi connectivity index (χ0) is 8.53. The van der Waals surface area contributed by atoms with E-state index in [1.807, 2.05) is 0 Å². The monoisotopic (exact) mass is 154 g/mol. The third-order valence-corrected chi connectivity index (χ3v) is 2.03. The molecule has 0 aliphatic carbocycles. The van der Waals surface area contributed by atoms with Gasteiger partial charge in [0.2, 0.25) is 0 Å². The van der Waals surface area contributed by atoms with E-state index in [-0.39, 0.29) is 0 Å². The zero-order valence-corrected chi connectivity index (χ0v) is 8.27. The van der Waals surface area contributed by atoms with E-state index >= 15 is 0 Å². The van der Waals surface area contributed by atoms with Crippen LogP contribution in [0.2, 0.25) is 0 Å². The molecule has 0 rings (SSSR count). The highest BCUT2D eigenvalue weighted by Crippen LogP contribution is 2.10. The fourth-order valence-electron chi connectivity index (χ4n) is 1.32. The summed E-state index contributed by atoms with van der Waals surface area (Å²) in [6.07, 6.45) is 11.4. The van der Waals surface area contributed by atoms with Gasteiger partial charge in [0.25, 0.3) is 0 Å². The van der Waals surface area contributed by atoms with Crippen LogP contribution in [0.25, 0.3) is 0 Å². The van der Waals surface area contributed by atoms with Gasteiger partial charge in [-0.1, -0.05) is 51.7 Å². The molecule has 0 fully saturated rings. The SMILES string of the molecule is CC=CC(C)CCCCCC. The van der Waals surface area contributed by atoms with Gasteiger partial charge in [0.05, 0.1) is 0 Å². The first kappa shape index (κ1) is 10.7. The Kier molecular flexibility index (Phi) is 7.66. The van der Waals surface area contributed by atoms with E-state index in [0.717, 1.165) is 5.92 Å². The van der Waals surface area contributed by atoms with Gasteiger partial charge in [0.15, 0.2) is 0 Å². The number of allylic oxidation sites excluding steroid dienone is 2. The van der Waals surface area contributed by atoms with Crippen molar-refractivity contribution in [1.29, 1.82) is 0 Å². The minimum Gasteiger partial charge on any atom is -0.0914 e. The number of hydrogen-bond donors (Lipinski definition) is 0. The Hall–Kier alpha value is -0.260. The summed E-state index contributed by atoms with van der Waals surface area (Å²) < 4.78 is 0. The van der Waals surface area contributed by atoms with Gasteiger partial charge in [-0.3, -0.25) is 0 Å². The van der Waals surface area contributed by atoms with E-state index in [2.05, 4.69) is 32.9 Å². The Labute approximate surface area is 71.7 Å². The lowest BCUT2D eigenvalue weighted by atomic mass is 10.0. The van der Waals surface area contributed by atoms with Crippen molar-refractivity contribution in [3.05, 3.63) is 12.2 Å². The van der Waals surface area contributed by atoms with Crippen molar-refractivity contribution in [3.8, 4) is 0 Å².